The molecular weight excluding hydrogens is 200 g/mol. The molecule has 0 saturated heterocycles. The fourth-order valence-electron chi connectivity index (χ4n) is 0.915. The Hall–Kier alpha value is -0.490. The average Bonchev–Trinajstić information content (AvgIpc) is 2.26. The molecule has 0 aliphatic rings. The van der Waals surface area contributed by atoms with Crippen molar-refractivity contribution in [3.63, 3.8) is 0 Å². The zero-order valence-corrected chi connectivity index (χ0v) is 9.24. The number of ether oxygens (including phenoxy) is 3. The van der Waals surface area contributed by atoms with E-state index in [2.05, 4.69) is 0 Å². The molecule has 1 N–H and O–H groups in total. The Balaban J connectivity index is 2.95. The smallest absolute Gasteiger partial charge is 0.158 e. The summed E-state index contributed by atoms with van der Waals surface area (Å²) in [5.74, 6) is -0.144. The SMILES string of the molecule is COCCOCCOCCCC(=O)CO. The van der Waals surface area contributed by atoms with Crippen LogP contribution in [0.1, 0.15) is 12.8 Å². The normalized spacial score (nSPS) is 10.5. The molecule has 0 bridgehead atoms. The lowest BCUT2D eigenvalue weighted by molar-refractivity contribution is -0.122. The second-order valence-electron chi connectivity index (χ2n) is 3.02. The number of hydrogen-bond donors (Lipinski definition) is 1. The molecule has 0 aliphatic heterocycles. The summed E-state index contributed by atoms with van der Waals surface area (Å²) in [4.78, 5) is 10.7. The third-order valence-electron chi connectivity index (χ3n) is 1.72. The van der Waals surface area contributed by atoms with Crippen LogP contribution in [0.2, 0.25) is 0 Å². The third-order valence-corrected chi connectivity index (χ3v) is 1.72. The lowest BCUT2D eigenvalue weighted by Crippen LogP contribution is -2.10. The number of aliphatic hydroxyl groups excluding tert-OH is 1. The molecule has 0 aliphatic carbocycles. The van der Waals surface area contributed by atoms with Crippen LogP contribution < -0.4 is 0 Å². The van der Waals surface area contributed by atoms with Crippen LogP contribution in [0.25, 0.3) is 0 Å². The van der Waals surface area contributed by atoms with Gasteiger partial charge in [0, 0.05) is 20.1 Å². The number of rotatable bonds is 11. The Morgan fingerprint density at radius 3 is 2.27 bits per heavy atom. The average molecular weight is 220 g/mol. The second kappa shape index (κ2) is 11.6. The van der Waals surface area contributed by atoms with Gasteiger partial charge >= 0.3 is 0 Å². The van der Waals surface area contributed by atoms with Crippen molar-refractivity contribution in [3.05, 3.63) is 0 Å². The molecule has 0 radical (unpaired) electrons. The molecule has 0 fully saturated rings. The molecule has 5 nitrogen and oxygen atoms in total. The van der Waals surface area contributed by atoms with E-state index >= 15 is 0 Å². The van der Waals surface area contributed by atoms with Crippen LogP contribution in [-0.2, 0) is 19.0 Å². The molecular formula is C10H20O5. The van der Waals surface area contributed by atoms with Gasteiger partial charge in [-0.1, -0.05) is 0 Å². The fourth-order valence-corrected chi connectivity index (χ4v) is 0.915. The summed E-state index contributed by atoms with van der Waals surface area (Å²) in [5, 5.41) is 8.44. The van der Waals surface area contributed by atoms with Crippen molar-refractivity contribution in [1.29, 1.82) is 0 Å². The minimum Gasteiger partial charge on any atom is -0.389 e. The molecule has 90 valence electrons. The quantitative estimate of drug-likeness (QED) is 0.497. The summed E-state index contributed by atoms with van der Waals surface area (Å²) in [6, 6.07) is 0. The van der Waals surface area contributed by atoms with Crippen molar-refractivity contribution in [2.75, 3.05) is 46.8 Å². The van der Waals surface area contributed by atoms with Gasteiger partial charge < -0.3 is 19.3 Å². The number of aliphatic hydroxyl groups is 1. The van der Waals surface area contributed by atoms with E-state index < -0.39 is 0 Å². The molecule has 0 spiro atoms. The largest absolute Gasteiger partial charge is 0.389 e. The number of carbonyl (C=O) groups is 1. The van der Waals surface area contributed by atoms with E-state index in [-0.39, 0.29) is 12.4 Å². The molecule has 0 saturated carbocycles. The van der Waals surface area contributed by atoms with Gasteiger partial charge in [0.2, 0.25) is 0 Å². The highest BCUT2D eigenvalue weighted by atomic mass is 16.5. The summed E-state index contributed by atoms with van der Waals surface area (Å²) in [5.41, 5.74) is 0. The summed E-state index contributed by atoms with van der Waals surface area (Å²) in [6.07, 6.45) is 1.03. The van der Waals surface area contributed by atoms with E-state index in [4.69, 9.17) is 19.3 Å². The van der Waals surface area contributed by atoms with Crippen molar-refractivity contribution >= 4 is 5.78 Å². The van der Waals surface area contributed by atoms with Crippen molar-refractivity contribution in [1.82, 2.24) is 0 Å². The highest BCUT2D eigenvalue weighted by Gasteiger charge is 1.98. The zero-order chi connectivity index (χ0) is 11.4. The maximum absolute atomic E-state index is 10.7. The molecule has 0 unspecified atom stereocenters. The van der Waals surface area contributed by atoms with E-state index in [1.165, 1.54) is 0 Å². The highest BCUT2D eigenvalue weighted by Crippen LogP contribution is 1.91. The van der Waals surface area contributed by atoms with Crippen LogP contribution >= 0.6 is 0 Å². The Morgan fingerprint density at radius 1 is 1.07 bits per heavy atom. The lowest BCUT2D eigenvalue weighted by Gasteiger charge is -2.04. The molecule has 5 heteroatoms. The van der Waals surface area contributed by atoms with Gasteiger partial charge in [-0.05, 0) is 6.42 Å². The Kier molecular flexibility index (Phi) is 11.2. The Labute approximate surface area is 90.3 Å². The zero-order valence-electron chi connectivity index (χ0n) is 9.24. The molecule has 15 heavy (non-hydrogen) atoms. The molecule has 0 amide bonds. The Bertz CT molecular complexity index is 149. The van der Waals surface area contributed by atoms with Crippen molar-refractivity contribution < 1.29 is 24.1 Å². The third kappa shape index (κ3) is 11.4. The van der Waals surface area contributed by atoms with Crippen molar-refractivity contribution in [2.45, 2.75) is 12.8 Å². The standard InChI is InChI=1S/C10H20O5/c1-13-5-6-15-8-7-14-4-2-3-10(12)9-11/h11H,2-9H2,1H3. The number of Topliss-reactive ketones (excluding diaryl/α,β-unsaturated/α-hetero) is 1. The number of ketones is 1. The van der Waals surface area contributed by atoms with E-state index in [0.717, 1.165) is 0 Å². The first-order chi connectivity index (χ1) is 7.31. The summed E-state index contributed by atoms with van der Waals surface area (Å²) < 4.78 is 15.2. The predicted octanol–water partition coefficient (Wildman–Crippen LogP) is 0.00760. The maximum Gasteiger partial charge on any atom is 0.158 e. The van der Waals surface area contributed by atoms with Gasteiger partial charge in [0.05, 0.1) is 26.4 Å². The van der Waals surface area contributed by atoms with Gasteiger partial charge in [-0.25, -0.2) is 0 Å². The first-order valence-electron chi connectivity index (χ1n) is 5.08. The van der Waals surface area contributed by atoms with Gasteiger partial charge in [0.15, 0.2) is 5.78 Å². The summed E-state index contributed by atoms with van der Waals surface area (Å²) >= 11 is 0. The van der Waals surface area contributed by atoms with E-state index in [0.29, 0.717) is 45.9 Å². The first kappa shape index (κ1) is 14.5. The van der Waals surface area contributed by atoms with Gasteiger partial charge in [-0.15, -0.1) is 0 Å². The minimum absolute atomic E-state index is 0.144. The lowest BCUT2D eigenvalue weighted by atomic mass is 10.2. The van der Waals surface area contributed by atoms with E-state index in [1.54, 1.807) is 7.11 Å². The van der Waals surface area contributed by atoms with Gasteiger partial charge in [-0.2, -0.15) is 0 Å². The maximum atomic E-state index is 10.7. The van der Waals surface area contributed by atoms with Crippen LogP contribution in [0.15, 0.2) is 0 Å². The van der Waals surface area contributed by atoms with Gasteiger partial charge in [0.25, 0.3) is 0 Å². The highest BCUT2D eigenvalue weighted by molar-refractivity contribution is 5.79. The summed E-state index contributed by atoms with van der Waals surface area (Å²) in [7, 11) is 1.62. The molecule has 0 rings (SSSR count). The van der Waals surface area contributed by atoms with Crippen LogP contribution in [0.4, 0.5) is 0 Å². The number of methoxy groups -OCH3 is 1. The fraction of sp³-hybridized carbons (Fsp3) is 0.900. The predicted molar refractivity (Wildman–Crippen MR) is 54.8 cm³/mol. The van der Waals surface area contributed by atoms with E-state index in [9.17, 15) is 4.79 Å². The number of carbonyl (C=O) groups excluding carboxylic acids is 1. The van der Waals surface area contributed by atoms with Crippen LogP contribution in [-0.4, -0.2) is 57.6 Å². The summed E-state index contributed by atoms with van der Waals surface area (Å²) in [6.45, 7) is 2.38. The van der Waals surface area contributed by atoms with Crippen molar-refractivity contribution in [2.24, 2.45) is 0 Å². The van der Waals surface area contributed by atoms with Crippen molar-refractivity contribution in [3.8, 4) is 0 Å². The topological polar surface area (TPSA) is 65.0 Å². The monoisotopic (exact) mass is 220 g/mol. The second-order valence-corrected chi connectivity index (χ2v) is 3.02. The van der Waals surface area contributed by atoms with Crippen LogP contribution in [0.5, 0.6) is 0 Å². The molecule has 0 aromatic rings. The van der Waals surface area contributed by atoms with Crippen LogP contribution in [0, 0.1) is 0 Å². The Morgan fingerprint density at radius 2 is 1.67 bits per heavy atom. The van der Waals surface area contributed by atoms with Gasteiger partial charge in [0.1, 0.15) is 6.61 Å². The molecule has 0 heterocycles. The number of hydrogen-bond acceptors (Lipinski definition) is 5. The minimum atomic E-state index is -0.375. The molecule has 0 aromatic carbocycles. The first-order valence-corrected chi connectivity index (χ1v) is 5.08. The van der Waals surface area contributed by atoms with Crippen LogP contribution in [0.3, 0.4) is 0 Å². The van der Waals surface area contributed by atoms with E-state index in [1.807, 2.05) is 0 Å². The molecule has 0 aromatic heterocycles. The molecule has 0 atom stereocenters. The van der Waals surface area contributed by atoms with Gasteiger partial charge in [-0.3, -0.25) is 4.79 Å².